The highest BCUT2D eigenvalue weighted by atomic mass is 16.4. The number of nitriles is 1. The van der Waals surface area contributed by atoms with Crippen molar-refractivity contribution < 1.29 is 9.90 Å². The van der Waals surface area contributed by atoms with Gasteiger partial charge in [-0.25, -0.2) is 9.97 Å². The fraction of sp³-hybridized carbons (Fsp3) is 0.571. The summed E-state index contributed by atoms with van der Waals surface area (Å²) in [5.74, 6) is -0.387. The highest BCUT2D eigenvalue weighted by Gasteiger charge is 2.39. The molecule has 1 saturated carbocycles. The zero-order valence-electron chi connectivity index (χ0n) is 11.5. The minimum atomic E-state index is -0.810. The molecule has 0 unspecified atom stereocenters. The quantitative estimate of drug-likeness (QED) is 0.902. The SMILES string of the molecule is CN(c1nccc(C#N)n1)C1(CC(=O)O)CCCCC1. The molecule has 0 aliphatic heterocycles. The van der Waals surface area contributed by atoms with Crippen molar-refractivity contribution in [2.24, 2.45) is 0 Å². The molecule has 20 heavy (non-hydrogen) atoms. The second-order valence-electron chi connectivity index (χ2n) is 5.27. The van der Waals surface area contributed by atoms with Crippen molar-refractivity contribution in [3.63, 3.8) is 0 Å². The van der Waals surface area contributed by atoms with Crippen LogP contribution < -0.4 is 4.90 Å². The van der Waals surface area contributed by atoms with Crippen LogP contribution >= 0.6 is 0 Å². The predicted molar refractivity (Wildman–Crippen MR) is 73.2 cm³/mol. The Morgan fingerprint density at radius 1 is 1.50 bits per heavy atom. The molecule has 1 fully saturated rings. The van der Waals surface area contributed by atoms with Gasteiger partial charge in [-0.15, -0.1) is 0 Å². The van der Waals surface area contributed by atoms with E-state index in [2.05, 4.69) is 9.97 Å². The molecule has 0 amide bonds. The zero-order chi connectivity index (χ0) is 14.6. The van der Waals surface area contributed by atoms with Crippen LogP contribution in [0.5, 0.6) is 0 Å². The van der Waals surface area contributed by atoms with Crippen LogP contribution in [0.2, 0.25) is 0 Å². The van der Waals surface area contributed by atoms with E-state index in [1.54, 1.807) is 6.07 Å². The van der Waals surface area contributed by atoms with Gasteiger partial charge in [-0.1, -0.05) is 19.3 Å². The first-order valence-corrected chi connectivity index (χ1v) is 6.76. The van der Waals surface area contributed by atoms with Crippen LogP contribution in [0.15, 0.2) is 12.3 Å². The summed E-state index contributed by atoms with van der Waals surface area (Å²) in [4.78, 5) is 21.4. The molecule has 0 spiro atoms. The molecule has 1 aliphatic rings. The summed E-state index contributed by atoms with van der Waals surface area (Å²) < 4.78 is 0. The normalized spacial score (nSPS) is 17.2. The van der Waals surface area contributed by atoms with Gasteiger partial charge >= 0.3 is 5.97 Å². The van der Waals surface area contributed by atoms with Crippen molar-refractivity contribution in [2.45, 2.75) is 44.1 Å². The molecule has 0 saturated heterocycles. The molecule has 0 radical (unpaired) electrons. The fourth-order valence-electron chi connectivity index (χ4n) is 2.91. The number of hydrogen-bond donors (Lipinski definition) is 1. The van der Waals surface area contributed by atoms with Gasteiger partial charge in [0.1, 0.15) is 11.8 Å². The van der Waals surface area contributed by atoms with E-state index in [0.717, 1.165) is 32.1 Å². The topological polar surface area (TPSA) is 90.1 Å². The number of anilines is 1. The van der Waals surface area contributed by atoms with E-state index in [-0.39, 0.29) is 6.42 Å². The number of aromatic nitrogens is 2. The largest absolute Gasteiger partial charge is 0.481 e. The van der Waals surface area contributed by atoms with Crippen molar-refractivity contribution >= 4 is 11.9 Å². The van der Waals surface area contributed by atoms with Crippen molar-refractivity contribution in [2.75, 3.05) is 11.9 Å². The number of carboxylic acid groups (broad SMARTS) is 1. The zero-order valence-corrected chi connectivity index (χ0v) is 11.5. The molecule has 2 rings (SSSR count). The minimum absolute atomic E-state index is 0.0731. The van der Waals surface area contributed by atoms with Gasteiger partial charge in [0, 0.05) is 13.2 Å². The maximum atomic E-state index is 11.2. The second-order valence-corrected chi connectivity index (χ2v) is 5.27. The molecule has 1 heterocycles. The molecule has 106 valence electrons. The highest BCUT2D eigenvalue weighted by molar-refractivity contribution is 5.69. The molecule has 0 bridgehead atoms. The molecule has 1 N–H and O–H groups in total. The van der Waals surface area contributed by atoms with E-state index < -0.39 is 11.5 Å². The second kappa shape index (κ2) is 5.87. The molecule has 1 aliphatic carbocycles. The van der Waals surface area contributed by atoms with Gasteiger partial charge in [-0.05, 0) is 18.9 Å². The summed E-state index contributed by atoms with van der Waals surface area (Å²) in [6, 6.07) is 3.53. The summed E-state index contributed by atoms with van der Waals surface area (Å²) in [7, 11) is 1.82. The number of aliphatic carboxylic acids is 1. The van der Waals surface area contributed by atoms with Crippen LogP contribution in [-0.2, 0) is 4.79 Å². The average Bonchev–Trinajstić information content (AvgIpc) is 2.46. The van der Waals surface area contributed by atoms with E-state index in [9.17, 15) is 9.90 Å². The number of rotatable bonds is 4. The van der Waals surface area contributed by atoms with E-state index in [4.69, 9.17) is 5.26 Å². The third-order valence-electron chi connectivity index (χ3n) is 4.03. The van der Waals surface area contributed by atoms with Crippen LogP contribution in [-0.4, -0.2) is 33.6 Å². The summed E-state index contributed by atoms with van der Waals surface area (Å²) >= 11 is 0. The van der Waals surface area contributed by atoms with Gasteiger partial charge < -0.3 is 10.0 Å². The van der Waals surface area contributed by atoms with Crippen molar-refractivity contribution in [3.05, 3.63) is 18.0 Å². The summed E-state index contributed by atoms with van der Waals surface area (Å²) in [5.41, 5.74) is -0.152. The maximum Gasteiger partial charge on any atom is 0.305 e. The monoisotopic (exact) mass is 274 g/mol. The third-order valence-corrected chi connectivity index (χ3v) is 4.03. The Morgan fingerprint density at radius 3 is 2.80 bits per heavy atom. The summed E-state index contributed by atoms with van der Waals surface area (Å²) in [6.45, 7) is 0. The lowest BCUT2D eigenvalue weighted by Crippen LogP contribution is -2.50. The fourth-order valence-corrected chi connectivity index (χ4v) is 2.91. The van der Waals surface area contributed by atoms with Gasteiger partial charge in [0.2, 0.25) is 5.95 Å². The van der Waals surface area contributed by atoms with Crippen molar-refractivity contribution in [1.29, 1.82) is 5.26 Å². The first-order valence-electron chi connectivity index (χ1n) is 6.76. The Hall–Kier alpha value is -2.16. The first kappa shape index (κ1) is 14.3. The van der Waals surface area contributed by atoms with Gasteiger partial charge in [-0.3, -0.25) is 4.79 Å². The molecule has 1 aromatic heterocycles. The van der Waals surface area contributed by atoms with E-state index >= 15 is 0 Å². The van der Waals surface area contributed by atoms with Gasteiger partial charge in [0.05, 0.1) is 12.0 Å². The minimum Gasteiger partial charge on any atom is -0.481 e. The van der Waals surface area contributed by atoms with Crippen LogP contribution in [0.1, 0.15) is 44.2 Å². The summed E-state index contributed by atoms with van der Waals surface area (Å²) in [6.07, 6.45) is 6.39. The molecular weight excluding hydrogens is 256 g/mol. The summed E-state index contributed by atoms with van der Waals surface area (Å²) in [5, 5.41) is 18.1. The lowest BCUT2D eigenvalue weighted by molar-refractivity contribution is -0.138. The van der Waals surface area contributed by atoms with Crippen LogP contribution in [0.25, 0.3) is 0 Å². The first-order chi connectivity index (χ1) is 9.57. The molecule has 0 atom stereocenters. The van der Waals surface area contributed by atoms with Gasteiger partial charge in [0.15, 0.2) is 0 Å². The predicted octanol–water partition coefficient (Wildman–Crippen LogP) is 1.96. The van der Waals surface area contributed by atoms with E-state index in [0.29, 0.717) is 11.6 Å². The lowest BCUT2D eigenvalue weighted by Gasteiger charge is -2.43. The van der Waals surface area contributed by atoms with Crippen molar-refractivity contribution in [1.82, 2.24) is 9.97 Å². The molecular formula is C14H18N4O2. The van der Waals surface area contributed by atoms with Crippen LogP contribution in [0, 0.1) is 11.3 Å². The molecule has 6 nitrogen and oxygen atoms in total. The number of carbonyl (C=O) groups is 1. The molecule has 1 aromatic rings. The lowest BCUT2D eigenvalue weighted by atomic mass is 9.78. The number of carboxylic acids is 1. The van der Waals surface area contributed by atoms with Gasteiger partial charge in [0.25, 0.3) is 0 Å². The van der Waals surface area contributed by atoms with E-state index in [1.165, 1.54) is 6.20 Å². The smallest absolute Gasteiger partial charge is 0.305 e. The van der Waals surface area contributed by atoms with Gasteiger partial charge in [-0.2, -0.15) is 5.26 Å². The Balaban J connectivity index is 2.32. The molecule has 0 aromatic carbocycles. The Kier molecular flexibility index (Phi) is 4.18. The van der Waals surface area contributed by atoms with Crippen molar-refractivity contribution in [3.8, 4) is 6.07 Å². The maximum absolute atomic E-state index is 11.2. The van der Waals surface area contributed by atoms with Crippen LogP contribution in [0.3, 0.4) is 0 Å². The average molecular weight is 274 g/mol. The van der Waals surface area contributed by atoms with E-state index in [1.807, 2.05) is 18.0 Å². The highest BCUT2D eigenvalue weighted by Crippen LogP contribution is 2.37. The Bertz CT molecular complexity index is 532. The van der Waals surface area contributed by atoms with Crippen LogP contribution in [0.4, 0.5) is 5.95 Å². The Labute approximate surface area is 118 Å². The third kappa shape index (κ3) is 2.87. The standard InChI is InChI=1S/C14H18N4O2/c1-18(13-16-8-5-11(10-15)17-13)14(9-12(19)20)6-3-2-4-7-14/h5,8H,2-4,6-7,9H2,1H3,(H,19,20). The number of hydrogen-bond acceptors (Lipinski definition) is 5. The number of nitrogens with zero attached hydrogens (tertiary/aromatic N) is 4. The Morgan fingerprint density at radius 2 is 2.20 bits per heavy atom. The molecule has 6 heteroatoms.